The standard InChI is InChI=1S/C25H22Br2N2O5S/c1-5-34-24(31)20-13(2)28-25-29(21(20)14-6-8-17(32-3)9-7-14)23(30)19(35-25)11-15-10-16(26)12-18(27)22(15)33-4/h6-12,21H,5H2,1-4H3/b19-11-/t21-/m0/s1. The molecule has 35 heavy (non-hydrogen) atoms. The lowest BCUT2D eigenvalue weighted by atomic mass is 9.96. The number of methoxy groups -OCH3 is 2. The van der Waals surface area contributed by atoms with Crippen molar-refractivity contribution >= 4 is 55.2 Å². The van der Waals surface area contributed by atoms with E-state index in [0.29, 0.717) is 32.1 Å². The highest BCUT2D eigenvalue weighted by Gasteiger charge is 2.33. The Balaban J connectivity index is 1.97. The first-order valence-corrected chi connectivity index (χ1v) is 13.1. The van der Waals surface area contributed by atoms with Crippen molar-refractivity contribution in [3.8, 4) is 11.5 Å². The van der Waals surface area contributed by atoms with Crippen molar-refractivity contribution in [3.05, 3.63) is 87.4 Å². The second kappa shape index (κ2) is 10.5. The van der Waals surface area contributed by atoms with Gasteiger partial charge in [0.05, 0.1) is 47.1 Å². The normalized spacial score (nSPS) is 15.5. The van der Waals surface area contributed by atoms with Crippen molar-refractivity contribution in [1.82, 2.24) is 4.57 Å². The summed E-state index contributed by atoms with van der Waals surface area (Å²) in [5.41, 5.74) is 2.06. The lowest BCUT2D eigenvalue weighted by Gasteiger charge is -2.24. The Morgan fingerprint density at radius 3 is 2.51 bits per heavy atom. The van der Waals surface area contributed by atoms with Crippen molar-refractivity contribution in [2.45, 2.75) is 19.9 Å². The van der Waals surface area contributed by atoms with Gasteiger partial charge in [-0.15, -0.1) is 0 Å². The smallest absolute Gasteiger partial charge is 0.338 e. The second-order valence-corrected chi connectivity index (χ2v) is 10.4. The molecule has 1 aliphatic heterocycles. The number of aromatic nitrogens is 1. The predicted molar refractivity (Wildman–Crippen MR) is 142 cm³/mol. The van der Waals surface area contributed by atoms with E-state index in [9.17, 15) is 9.59 Å². The molecule has 2 heterocycles. The van der Waals surface area contributed by atoms with Crippen LogP contribution in [0.4, 0.5) is 0 Å². The molecule has 3 aromatic rings. The first kappa shape index (κ1) is 25.4. The molecule has 7 nitrogen and oxygen atoms in total. The van der Waals surface area contributed by atoms with Crippen LogP contribution in [-0.4, -0.2) is 31.4 Å². The van der Waals surface area contributed by atoms with E-state index in [2.05, 4.69) is 36.9 Å². The molecule has 0 saturated heterocycles. The highest BCUT2D eigenvalue weighted by atomic mass is 79.9. The minimum Gasteiger partial charge on any atom is -0.497 e. The minimum absolute atomic E-state index is 0.215. The minimum atomic E-state index is -0.686. The Bertz CT molecular complexity index is 1510. The van der Waals surface area contributed by atoms with E-state index < -0.39 is 12.0 Å². The number of benzene rings is 2. The zero-order chi connectivity index (χ0) is 25.3. The van der Waals surface area contributed by atoms with Gasteiger partial charge in [0.2, 0.25) is 0 Å². The molecule has 0 spiro atoms. The molecule has 0 amide bonds. The number of allylic oxidation sites excluding steroid dienone is 1. The molecule has 182 valence electrons. The Kier molecular flexibility index (Phi) is 7.63. The molecule has 0 N–H and O–H groups in total. The van der Waals surface area contributed by atoms with Gasteiger partial charge >= 0.3 is 5.97 Å². The molecule has 0 fully saturated rings. The zero-order valence-corrected chi connectivity index (χ0v) is 23.4. The van der Waals surface area contributed by atoms with Crippen LogP contribution < -0.4 is 24.4 Å². The molecule has 0 saturated carbocycles. The van der Waals surface area contributed by atoms with E-state index >= 15 is 0 Å². The number of halogens is 2. The van der Waals surface area contributed by atoms with Crippen molar-refractivity contribution < 1.29 is 19.0 Å². The number of hydrogen-bond acceptors (Lipinski definition) is 7. The fraction of sp³-hybridized carbons (Fsp3) is 0.240. The Morgan fingerprint density at radius 2 is 1.89 bits per heavy atom. The molecular formula is C25H22Br2N2O5S. The molecule has 1 atom stereocenters. The van der Waals surface area contributed by atoms with E-state index in [1.165, 1.54) is 11.3 Å². The molecule has 0 unspecified atom stereocenters. The summed E-state index contributed by atoms with van der Waals surface area (Å²) in [7, 11) is 3.16. The van der Waals surface area contributed by atoms with Crippen LogP contribution in [0.1, 0.15) is 31.0 Å². The fourth-order valence-electron chi connectivity index (χ4n) is 3.94. The topological polar surface area (TPSA) is 79.1 Å². The first-order valence-electron chi connectivity index (χ1n) is 10.7. The Hall–Kier alpha value is -2.69. The van der Waals surface area contributed by atoms with Crippen LogP contribution in [0.3, 0.4) is 0 Å². The van der Waals surface area contributed by atoms with Crippen LogP contribution in [0.15, 0.2) is 66.4 Å². The third-order valence-corrected chi connectivity index (χ3v) is 7.51. The van der Waals surface area contributed by atoms with Crippen LogP contribution in [0.5, 0.6) is 11.5 Å². The van der Waals surface area contributed by atoms with Gasteiger partial charge < -0.3 is 14.2 Å². The second-order valence-electron chi connectivity index (χ2n) is 7.59. The number of rotatable bonds is 6. The van der Waals surface area contributed by atoms with Gasteiger partial charge in [-0.1, -0.05) is 39.4 Å². The average Bonchev–Trinajstić information content (AvgIpc) is 3.12. The lowest BCUT2D eigenvalue weighted by Crippen LogP contribution is -2.39. The van der Waals surface area contributed by atoms with Crippen LogP contribution in [0.25, 0.3) is 6.08 Å². The number of nitrogens with zero attached hydrogens (tertiary/aromatic N) is 2. The lowest BCUT2D eigenvalue weighted by molar-refractivity contribution is -0.139. The van der Waals surface area contributed by atoms with Gasteiger partial charge in [0.1, 0.15) is 11.5 Å². The molecule has 1 aliphatic rings. The van der Waals surface area contributed by atoms with Crippen LogP contribution in [0.2, 0.25) is 0 Å². The van der Waals surface area contributed by atoms with Gasteiger partial charge in [0.15, 0.2) is 4.80 Å². The summed E-state index contributed by atoms with van der Waals surface area (Å²) in [6, 6.07) is 10.3. The summed E-state index contributed by atoms with van der Waals surface area (Å²) < 4.78 is 19.8. The van der Waals surface area contributed by atoms with E-state index in [0.717, 1.165) is 20.1 Å². The van der Waals surface area contributed by atoms with Crippen LogP contribution >= 0.6 is 43.2 Å². The zero-order valence-electron chi connectivity index (χ0n) is 19.4. The summed E-state index contributed by atoms with van der Waals surface area (Å²) in [6.45, 7) is 3.72. The van der Waals surface area contributed by atoms with Gasteiger partial charge in [0.25, 0.3) is 5.56 Å². The number of ether oxygens (including phenoxy) is 3. The molecule has 1 aromatic heterocycles. The number of esters is 1. The number of carbonyl (C=O) groups is 1. The highest BCUT2D eigenvalue weighted by Crippen LogP contribution is 2.34. The maximum atomic E-state index is 13.7. The SMILES string of the molecule is CCOC(=O)C1=C(C)N=c2s/c(=C\c3cc(Br)cc(Br)c3OC)c(=O)n2[C@H]1c1ccc(OC)cc1. The first-order chi connectivity index (χ1) is 16.8. The van der Waals surface area contributed by atoms with E-state index in [1.54, 1.807) is 50.8 Å². The summed E-state index contributed by atoms with van der Waals surface area (Å²) in [6.07, 6.45) is 1.77. The van der Waals surface area contributed by atoms with Crippen molar-refractivity contribution in [3.63, 3.8) is 0 Å². The third-order valence-electron chi connectivity index (χ3n) is 5.48. The highest BCUT2D eigenvalue weighted by molar-refractivity contribution is 9.11. The molecule has 2 aromatic carbocycles. The van der Waals surface area contributed by atoms with E-state index in [-0.39, 0.29) is 12.2 Å². The third kappa shape index (κ3) is 4.87. The van der Waals surface area contributed by atoms with Gasteiger partial charge in [-0.2, -0.15) is 0 Å². The van der Waals surface area contributed by atoms with Crippen LogP contribution in [-0.2, 0) is 9.53 Å². The van der Waals surface area contributed by atoms with Crippen molar-refractivity contribution in [1.29, 1.82) is 0 Å². The quantitative estimate of drug-likeness (QED) is 0.383. The van der Waals surface area contributed by atoms with E-state index in [1.807, 2.05) is 24.3 Å². The molecular weight excluding hydrogens is 600 g/mol. The summed E-state index contributed by atoms with van der Waals surface area (Å²) >= 11 is 8.25. The molecule has 4 rings (SSSR count). The van der Waals surface area contributed by atoms with Gasteiger partial charge in [-0.25, -0.2) is 9.79 Å². The van der Waals surface area contributed by atoms with E-state index in [4.69, 9.17) is 14.2 Å². The van der Waals surface area contributed by atoms with Gasteiger partial charge in [-0.05, 0) is 65.7 Å². The number of thiazole rings is 1. The van der Waals surface area contributed by atoms with Gasteiger partial charge in [-0.3, -0.25) is 9.36 Å². The predicted octanol–water partition coefficient (Wildman–Crippen LogP) is 4.34. The fourth-order valence-corrected chi connectivity index (χ4v) is 6.39. The van der Waals surface area contributed by atoms with Gasteiger partial charge in [0, 0.05) is 10.0 Å². The van der Waals surface area contributed by atoms with Crippen molar-refractivity contribution in [2.24, 2.45) is 4.99 Å². The monoisotopic (exact) mass is 620 g/mol. The maximum absolute atomic E-state index is 13.7. The molecule has 0 bridgehead atoms. The molecule has 10 heteroatoms. The number of carbonyl (C=O) groups excluding carboxylic acids is 1. The summed E-state index contributed by atoms with van der Waals surface area (Å²) in [5, 5.41) is 0. The van der Waals surface area contributed by atoms with Crippen LogP contribution in [0, 0.1) is 0 Å². The number of fused-ring (bicyclic) bond motifs is 1. The molecule has 0 radical (unpaired) electrons. The Labute approximate surface area is 222 Å². The Morgan fingerprint density at radius 1 is 1.17 bits per heavy atom. The molecule has 0 aliphatic carbocycles. The number of hydrogen-bond donors (Lipinski definition) is 0. The average molecular weight is 622 g/mol. The maximum Gasteiger partial charge on any atom is 0.338 e. The summed E-state index contributed by atoms with van der Waals surface area (Å²) in [5.74, 6) is 0.780. The summed E-state index contributed by atoms with van der Waals surface area (Å²) in [4.78, 5) is 31.8. The van der Waals surface area contributed by atoms with Crippen molar-refractivity contribution in [2.75, 3.05) is 20.8 Å². The largest absolute Gasteiger partial charge is 0.497 e.